The van der Waals surface area contributed by atoms with E-state index in [1.807, 2.05) is 23.5 Å². The first-order valence-corrected chi connectivity index (χ1v) is 21.1. The second kappa shape index (κ2) is 14.6. The van der Waals surface area contributed by atoms with Gasteiger partial charge in [0.2, 0.25) is 0 Å². The zero-order valence-corrected chi connectivity index (χ0v) is 33.6. The van der Waals surface area contributed by atoms with Gasteiger partial charge >= 0.3 is 0 Å². The molecular weight excluding hydrogens is 737 g/mol. The van der Waals surface area contributed by atoms with E-state index in [0.717, 1.165) is 70.4 Å². The van der Waals surface area contributed by atoms with Crippen LogP contribution in [-0.4, -0.2) is 0 Å². The Morgan fingerprint density at radius 3 is 1.78 bits per heavy atom. The third-order valence-electron chi connectivity index (χ3n) is 11.4. The molecule has 0 saturated carbocycles. The Labute approximate surface area is 345 Å². The van der Waals surface area contributed by atoms with E-state index in [9.17, 15) is 0 Å². The first-order valence-electron chi connectivity index (χ1n) is 19.4. The molecule has 0 fully saturated rings. The predicted octanol–water partition coefficient (Wildman–Crippen LogP) is 15.1. The molecular formula is C56H38S2. The number of allylic oxidation sites excluding steroid dienone is 1. The van der Waals surface area contributed by atoms with Crippen molar-refractivity contribution in [2.24, 2.45) is 0 Å². The van der Waals surface area contributed by atoms with Crippen LogP contribution in [0.25, 0.3) is 104 Å². The van der Waals surface area contributed by atoms with Gasteiger partial charge in [0.1, 0.15) is 0 Å². The lowest BCUT2D eigenvalue weighted by atomic mass is 9.88. The highest BCUT2D eigenvalue weighted by Gasteiger charge is 2.16. The lowest BCUT2D eigenvalue weighted by Gasteiger charge is -2.15. The van der Waals surface area contributed by atoms with Gasteiger partial charge in [-0.25, -0.2) is 0 Å². The highest BCUT2D eigenvalue weighted by atomic mass is 32.1. The van der Waals surface area contributed by atoms with Gasteiger partial charge in [0, 0.05) is 45.4 Å². The molecule has 0 radical (unpaired) electrons. The maximum Gasteiger partial charge on any atom is 0.0448 e. The Hall–Kier alpha value is -6.84. The van der Waals surface area contributed by atoms with Crippen LogP contribution in [0, 0.1) is 0 Å². The minimum atomic E-state index is 0.954. The summed E-state index contributed by atoms with van der Waals surface area (Å²) in [6.07, 6.45) is 4.15. The van der Waals surface area contributed by atoms with Crippen molar-refractivity contribution in [2.45, 2.75) is 0 Å². The van der Waals surface area contributed by atoms with Gasteiger partial charge < -0.3 is 0 Å². The highest BCUT2D eigenvalue weighted by Crippen LogP contribution is 2.42. The van der Waals surface area contributed by atoms with E-state index in [1.54, 1.807) is 11.3 Å². The van der Waals surface area contributed by atoms with Gasteiger partial charge in [0.15, 0.2) is 0 Å². The summed E-state index contributed by atoms with van der Waals surface area (Å²) in [6, 6.07) is 60.8. The maximum atomic E-state index is 4.71. The Morgan fingerprint density at radius 2 is 1.02 bits per heavy atom. The van der Waals surface area contributed by atoms with Gasteiger partial charge in [0.25, 0.3) is 0 Å². The summed E-state index contributed by atoms with van der Waals surface area (Å²) in [5, 5.41) is 12.2. The Balaban J connectivity index is 1.15. The summed E-state index contributed by atoms with van der Waals surface area (Å²) in [4.78, 5) is 0. The molecule has 8 aromatic carbocycles. The smallest absolute Gasteiger partial charge is 0.0448 e. The minimum Gasteiger partial charge on any atom is -0.135 e. The molecule has 2 aromatic heterocycles. The van der Waals surface area contributed by atoms with Gasteiger partial charge in [-0.2, -0.15) is 0 Å². The fourth-order valence-electron chi connectivity index (χ4n) is 8.59. The van der Waals surface area contributed by atoms with Gasteiger partial charge in [-0.1, -0.05) is 196 Å². The molecule has 58 heavy (non-hydrogen) atoms. The monoisotopic (exact) mass is 774 g/mol. The topological polar surface area (TPSA) is 0 Å². The molecule has 274 valence electrons. The molecule has 2 heterocycles. The van der Waals surface area contributed by atoms with Crippen molar-refractivity contribution in [1.82, 2.24) is 0 Å². The van der Waals surface area contributed by atoms with Crippen LogP contribution < -0.4 is 9.75 Å². The lowest BCUT2D eigenvalue weighted by Crippen LogP contribution is -2.16. The summed E-state index contributed by atoms with van der Waals surface area (Å²) in [6.45, 7) is 18.0. The van der Waals surface area contributed by atoms with Crippen LogP contribution in [0.5, 0.6) is 0 Å². The standard InChI is InChI=1S/C56H38S2/c1-5-38-18-10-11-19-41(38)36(3)42-20-8-6-7-9-21-47(46-25-15-13-23-44(42)46)48-33-32-40(43-22-12-14-24-45(43)48)35(2)34-52-37(4)57-55-51(52)31-29-39-28-30-50-49-26-16-17-27-53(49)58-56(50)54(39)55/h5-34H,1-4H2/b7-6?,8-6?,9-7?,20-8?,21-9?,42-20?,44-42?,47-21?,47-46?,52-34+. The van der Waals surface area contributed by atoms with Crippen molar-refractivity contribution < 1.29 is 0 Å². The fraction of sp³-hybridized carbons (Fsp3) is 0. The summed E-state index contributed by atoms with van der Waals surface area (Å²) in [5.41, 5.74) is 8.51. The van der Waals surface area contributed by atoms with Crippen molar-refractivity contribution in [3.63, 3.8) is 0 Å². The molecule has 0 saturated heterocycles. The average Bonchev–Trinajstić information content (AvgIpc) is 3.81. The number of thiophene rings is 2. The first kappa shape index (κ1) is 35.6. The molecule has 0 spiro atoms. The first-order chi connectivity index (χ1) is 28.5. The Morgan fingerprint density at radius 1 is 0.448 bits per heavy atom. The largest absolute Gasteiger partial charge is 0.135 e. The quantitative estimate of drug-likeness (QED) is 0.158. The van der Waals surface area contributed by atoms with Crippen molar-refractivity contribution in [3.8, 4) is 11.1 Å². The zero-order valence-electron chi connectivity index (χ0n) is 32.0. The molecule has 0 nitrogen and oxygen atoms in total. The van der Waals surface area contributed by atoms with Crippen LogP contribution in [0.4, 0.5) is 0 Å². The summed E-state index contributed by atoms with van der Waals surface area (Å²) in [7, 11) is 0. The van der Waals surface area contributed by atoms with E-state index in [0.29, 0.717) is 0 Å². The van der Waals surface area contributed by atoms with E-state index in [-0.39, 0.29) is 0 Å². The molecule has 0 aliphatic carbocycles. The number of rotatable bonds is 6. The van der Waals surface area contributed by atoms with E-state index >= 15 is 0 Å². The number of hydrogen-bond donors (Lipinski definition) is 0. The summed E-state index contributed by atoms with van der Waals surface area (Å²) in [5.74, 6) is 0. The van der Waals surface area contributed by atoms with E-state index in [2.05, 4.69) is 190 Å². The number of fused-ring (bicyclic) bond motifs is 9. The third-order valence-corrected chi connectivity index (χ3v) is 13.7. The van der Waals surface area contributed by atoms with Crippen LogP contribution in [0.3, 0.4) is 0 Å². The van der Waals surface area contributed by atoms with Crippen molar-refractivity contribution in [3.05, 3.63) is 222 Å². The molecule has 0 amide bonds. The average molecular weight is 775 g/mol. The van der Waals surface area contributed by atoms with E-state index in [1.165, 1.54) is 46.4 Å². The van der Waals surface area contributed by atoms with Gasteiger partial charge in [-0.05, 0) is 83.6 Å². The summed E-state index contributed by atoms with van der Waals surface area (Å²) < 4.78 is 4.99. The Kier molecular flexibility index (Phi) is 8.94. The number of hydrogen-bond acceptors (Lipinski definition) is 2. The molecule has 0 atom stereocenters. The van der Waals surface area contributed by atoms with E-state index in [4.69, 9.17) is 6.58 Å². The van der Waals surface area contributed by atoms with Crippen molar-refractivity contribution >= 4 is 115 Å². The van der Waals surface area contributed by atoms with Crippen molar-refractivity contribution in [2.75, 3.05) is 0 Å². The number of benzene rings is 7. The van der Waals surface area contributed by atoms with Crippen molar-refractivity contribution in [1.29, 1.82) is 0 Å². The molecule has 10 aromatic rings. The van der Waals surface area contributed by atoms with Crippen LogP contribution in [0.2, 0.25) is 0 Å². The lowest BCUT2D eigenvalue weighted by molar-refractivity contribution is 1.56. The molecule has 0 N–H and O–H groups in total. The van der Waals surface area contributed by atoms with Crippen LogP contribution in [-0.2, 0) is 0 Å². The molecule has 0 bridgehead atoms. The normalized spacial score (nSPS) is 11.8. The second-order valence-electron chi connectivity index (χ2n) is 14.6. The summed E-state index contributed by atoms with van der Waals surface area (Å²) >= 11 is 3.67. The fourth-order valence-corrected chi connectivity index (χ4v) is 11.1. The highest BCUT2D eigenvalue weighted by molar-refractivity contribution is 7.27. The van der Waals surface area contributed by atoms with Crippen LogP contribution in [0.15, 0.2) is 190 Å². The SMILES string of the molecule is C=Cc1ccccc1C(=C)c1ccccccc(-c2ccc(C(=C)/C=c3\c(=C)sc4c3ccc3ccc5c6ccccc6sc5c34)c3ccccc23)c2ccccc12. The minimum absolute atomic E-state index is 0.954. The molecule has 10 rings (SSSR count). The molecule has 0 aliphatic rings. The Bertz CT molecular complexity index is 3540. The second-order valence-corrected chi connectivity index (χ2v) is 16.8. The van der Waals surface area contributed by atoms with Crippen LogP contribution in [0.1, 0.15) is 22.3 Å². The molecule has 0 unspecified atom stereocenters. The van der Waals surface area contributed by atoms with Gasteiger partial charge in [-0.15, -0.1) is 22.7 Å². The maximum absolute atomic E-state index is 4.71. The molecule has 0 aliphatic heterocycles. The van der Waals surface area contributed by atoms with E-state index < -0.39 is 0 Å². The zero-order chi connectivity index (χ0) is 39.3. The van der Waals surface area contributed by atoms with Gasteiger partial charge in [0.05, 0.1) is 0 Å². The van der Waals surface area contributed by atoms with Crippen LogP contribution >= 0.6 is 22.7 Å². The molecule has 2 heteroatoms. The van der Waals surface area contributed by atoms with Gasteiger partial charge in [-0.3, -0.25) is 0 Å². The third kappa shape index (κ3) is 5.89. The predicted molar refractivity (Wildman–Crippen MR) is 260 cm³/mol.